The van der Waals surface area contributed by atoms with Crippen LogP contribution in [0, 0.1) is 0 Å². The molecular weight excluding hydrogens is 454 g/mol. The molecule has 0 aliphatic carbocycles. The number of urea groups is 1. The standard InChI is InChI=1S/C21H26BrN3O3S/c1-16(18-7-9-19(22)10-8-18)24-21(26)23-15-17-5-11-20(12-6-17)29(27,28)25-13-3-2-4-14-25/h5-12,16H,2-4,13-15H2,1H3,(H2,23,24,26). The van der Waals surface area contributed by atoms with Crippen LogP contribution in [-0.2, 0) is 16.6 Å². The van der Waals surface area contributed by atoms with E-state index in [1.165, 1.54) is 0 Å². The van der Waals surface area contributed by atoms with E-state index in [0.29, 0.717) is 24.5 Å². The lowest BCUT2D eigenvalue weighted by Gasteiger charge is -2.25. The monoisotopic (exact) mass is 479 g/mol. The predicted octanol–water partition coefficient (Wildman–Crippen LogP) is 4.18. The van der Waals surface area contributed by atoms with E-state index in [1.807, 2.05) is 31.2 Å². The number of nitrogens with zero attached hydrogens (tertiary/aromatic N) is 1. The highest BCUT2D eigenvalue weighted by Gasteiger charge is 2.25. The van der Waals surface area contributed by atoms with E-state index in [-0.39, 0.29) is 12.1 Å². The van der Waals surface area contributed by atoms with Crippen molar-refractivity contribution in [3.8, 4) is 0 Å². The maximum absolute atomic E-state index is 12.7. The van der Waals surface area contributed by atoms with Gasteiger partial charge in [-0.3, -0.25) is 0 Å². The molecule has 1 heterocycles. The summed E-state index contributed by atoms with van der Waals surface area (Å²) in [7, 11) is -3.43. The van der Waals surface area contributed by atoms with Gasteiger partial charge in [0.05, 0.1) is 10.9 Å². The van der Waals surface area contributed by atoms with Crippen molar-refractivity contribution in [3.05, 3.63) is 64.1 Å². The molecule has 1 atom stereocenters. The minimum atomic E-state index is -3.43. The highest BCUT2D eigenvalue weighted by Crippen LogP contribution is 2.21. The van der Waals surface area contributed by atoms with Crippen LogP contribution < -0.4 is 10.6 Å². The second kappa shape index (κ2) is 9.73. The number of sulfonamides is 1. The summed E-state index contributed by atoms with van der Waals surface area (Å²) in [6, 6.07) is 14.1. The van der Waals surface area contributed by atoms with Gasteiger partial charge in [0.2, 0.25) is 10.0 Å². The van der Waals surface area contributed by atoms with E-state index >= 15 is 0 Å². The fourth-order valence-corrected chi connectivity index (χ4v) is 5.08. The first-order chi connectivity index (χ1) is 13.9. The highest BCUT2D eigenvalue weighted by atomic mass is 79.9. The maximum Gasteiger partial charge on any atom is 0.315 e. The quantitative estimate of drug-likeness (QED) is 0.651. The van der Waals surface area contributed by atoms with Crippen LogP contribution in [0.5, 0.6) is 0 Å². The Bertz CT molecular complexity index is 925. The van der Waals surface area contributed by atoms with Crippen LogP contribution in [0.15, 0.2) is 57.9 Å². The van der Waals surface area contributed by atoms with Gasteiger partial charge in [0.25, 0.3) is 0 Å². The molecule has 0 bridgehead atoms. The molecule has 1 unspecified atom stereocenters. The van der Waals surface area contributed by atoms with E-state index in [0.717, 1.165) is 34.9 Å². The highest BCUT2D eigenvalue weighted by molar-refractivity contribution is 9.10. The zero-order valence-corrected chi connectivity index (χ0v) is 18.8. The molecule has 29 heavy (non-hydrogen) atoms. The van der Waals surface area contributed by atoms with Gasteiger partial charge in [0.15, 0.2) is 0 Å². The van der Waals surface area contributed by atoms with Crippen molar-refractivity contribution in [2.75, 3.05) is 13.1 Å². The van der Waals surface area contributed by atoms with Gasteiger partial charge in [-0.2, -0.15) is 4.31 Å². The summed E-state index contributed by atoms with van der Waals surface area (Å²) in [4.78, 5) is 12.5. The first-order valence-corrected chi connectivity index (χ1v) is 12.0. The lowest BCUT2D eigenvalue weighted by atomic mass is 10.1. The number of halogens is 1. The van der Waals surface area contributed by atoms with Crippen molar-refractivity contribution in [2.45, 2.75) is 43.7 Å². The van der Waals surface area contributed by atoms with E-state index in [4.69, 9.17) is 0 Å². The Labute approximate surface area is 180 Å². The molecule has 156 valence electrons. The van der Waals surface area contributed by atoms with Crippen LogP contribution in [0.25, 0.3) is 0 Å². The number of piperidine rings is 1. The van der Waals surface area contributed by atoms with Gasteiger partial charge >= 0.3 is 6.03 Å². The molecule has 6 nitrogen and oxygen atoms in total. The minimum Gasteiger partial charge on any atom is -0.334 e. The summed E-state index contributed by atoms with van der Waals surface area (Å²) in [5.74, 6) is 0. The van der Waals surface area contributed by atoms with E-state index in [2.05, 4.69) is 26.6 Å². The van der Waals surface area contributed by atoms with E-state index in [9.17, 15) is 13.2 Å². The van der Waals surface area contributed by atoms with Crippen LogP contribution in [0.1, 0.15) is 43.4 Å². The molecule has 2 aromatic carbocycles. The molecular formula is C21H26BrN3O3S. The van der Waals surface area contributed by atoms with Crippen molar-refractivity contribution in [2.24, 2.45) is 0 Å². The molecule has 0 radical (unpaired) electrons. The third-order valence-corrected chi connectivity index (χ3v) is 7.49. The fourth-order valence-electron chi connectivity index (χ4n) is 3.30. The average molecular weight is 480 g/mol. The Morgan fingerprint density at radius 2 is 1.66 bits per heavy atom. The lowest BCUT2D eigenvalue weighted by molar-refractivity contribution is 0.237. The minimum absolute atomic E-state index is 0.125. The second-order valence-electron chi connectivity index (χ2n) is 7.21. The van der Waals surface area contributed by atoms with Crippen LogP contribution in [0.3, 0.4) is 0 Å². The molecule has 3 rings (SSSR count). The molecule has 0 aromatic heterocycles. The molecule has 2 aromatic rings. The van der Waals surface area contributed by atoms with Crippen LogP contribution in [0.2, 0.25) is 0 Å². The second-order valence-corrected chi connectivity index (χ2v) is 10.1. The normalized spacial score (nSPS) is 16.2. The molecule has 2 amide bonds. The summed E-state index contributed by atoms with van der Waals surface area (Å²) < 4.78 is 27.9. The Morgan fingerprint density at radius 3 is 2.28 bits per heavy atom. The van der Waals surface area contributed by atoms with Gasteiger partial charge in [-0.15, -0.1) is 0 Å². The molecule has 1 aliphatic heterocycles. The van der Waals surface area contributed by atoms with Crippen molar-refractivity contribution < 1.29 is 13.2 Å². The fraction of sp³-hybridized carbons (Fsp3) is 0.381. The van der Waals surface area contributed by atoms with Crippen molar-refractivity contribution in [3.63, 3.8) is 0 Å². The molecule has 1 aliphatic rings. The Morgan fingerprint density at radius 1 is 1.03 bits per heavy atom. The van der Waals surface area contributed by atoms with E-state index in [1.54, 1.807) is 28.6 Å². The van der Waals surface area contributed by atoms with Gasteiger partial charge in [-0.05, 0) is 55.2 Å². The Balaban J connectivity index is 1.53. The molecule has 0 saturated carbocycles. The summed E-state index contributed by atoms with van der Waals surface area (Å²) in [5.41, 5.74) is 1.85. The van der Waals surface area contributed by atoms with E-state index < -0.39 is 10.0 Å². The van der Waals surface area contributed by atoms with Crippen LogP contribution in [0.4, 0.5) is 4.79 Å². The number of rotatable bonds is 6. The Hall–Kier alpha value is -1.90. The lowest BCUT2D eigenvalue weighted by Crippen LogP contribution is -2.36. The third kappa shape index (κ3) is 5.81. The number of amides is 2. The van der Waals surface area contributed by atoms with Gasteiger partial charge in [-0.25, -0.2) is 13.2 Å². The first-order valence-electron chi connectivity index (χ1n) is 9.75. The zero-order valence-electron chi connectivity index (χ0n) is 16.4. The number of carbonyl (C=O) groups is 1. The van der Waals surface area contributed by atoms with Crippen molar-refractivity contribution in [1.29, 1.82) is 0 Å². The number of nitrogens with one attached hydrogen (secondary N) is 2. The maximum atomic E-state index is 12.7. The van der Waals surface area contributed by atoms with Crippen molar-refractivity contribution in [1.82, 2.24) is 14.9 Å². The number of carbonyl (C=O) groups excluding carboxylic acids is 1. The molecule has 2 N–H and O–H groups in total. The molecule has 8 heteroatoms. The summed E-state index contributed by atoms with van der Waals surface area (Å²) in [5, 5.41) is 5.71. The molecule has 0 spiro atoms. The van der Waals surface area contributed by atoms with Crippen LogP contribution >= 0.6 is 15.9 Å². The summed E-state index contributed by atoms with van der Waals surface area (Å²) in [6.07, 6.45) is 2.91. The van der Waals surface area contributed by atoms with Gasteiger partial charge < -0.3 is 10.6 Å². The SMILES string of the molecule is CC(NC(=O)NCc1ccc(S(=O)(=O)N2CCCCC2)cc1)c1ccc(Br)cc1. The molecule has 1 saturated heterocycles. The molecule has 1 fully saturated rings. The Kier molecular flexibility index (Phi) is 7.32. The number of hydrogen-bond acceptors (Lipinski definition) is 3. The summed E-state index contributed by atoms with van der Waals surface area (Å²) in [6.45, 7) is 3.41. The summed E-state index contributed by atoms with van der Waals surface area (Å²) >= 11 is 3.40. The topological polar surface area (TPSA) is 78.5 Å². The predicted molar refractivity (Wildman–Crippen MR) is 117 cm³/mol. The average Bonchev–Trinajstić information content (AvgIpc) is 2.73. The van der Waals surface area contributed by atoms with Crippen molar-refractivity contribution >= 4 is 32.0 Å². The smallest absolute Gasteiger partial charge is 0.315 e. The third-order valence-electron chi connectivity index (χ3n) is 5.05. The first kappa shape index (κ1) is 21.8. The zero-order chi connectivity index (χ0) is 20.9. The van der Waals surface area contributed by atoms with Gasteiger partial charge in [-0.1, -0.05) is 46.6 Å². The van der Waals surface area contributed by atoms with Gasteiger partial charge in [0.1, 0.15) is 0 Å². The van der Waals surface area contributed by atoms with Crippen LogP contribution in [-0.4, -0.2) is 31.8 Å². The number of benzene rings is 2. The largest absolute Gasteiger partial charge is 0.334 e. The number of hydrogen-bond donors (Lipinski definition) is 2. The van der Waals surface area contributed by atoms with Gasteiger partial charge in [0, 0.05) is 24.1 Å².